The normalized spacial score (nSPS) is 42.6. The summed E-state index contributed by atoms with van der Waals surface area (Å²) in [7, 11) is 0. The van der Waals surface area contributed by atoms with Crippen LogP contribution in [0.5, 0.6) is 0 Å². The predicted octanol–water partition coefficient (Wildman–Crippen LogP) is 4.67. The Bertz CT molecular complexity index is 817. The molecule has 0 amide bonds. The number of hydrogen-bond acceptors (Lipinski definition) is 3. The molecule has 4 aliphatic carbocycles. The number of rotatable bonds is 1. The number of hydrogen-bond donors (Lipinski definition) is 0. The molecule has 3 fully saturated rings. The number of ketones is 2. The molecule has 4 aliphatic rings. The maximum absolute atomic E-state index is 12.5. The van der Waals surface area contributed by atoms with Crippen LogP contribution in [0.15, 0.2) is 40.7 Å². The Balaban J connectivity index is 1.84. The maximum atomic E-state index is 12.5. The van der Waals surface area contributed by atoms with E-state index in [0.29, 0.717) is 30.0 Å². The molecule has 3 saturated carbocycles. The Hall–Kier alpha value is -2.13. The number of fused-ring (bicyclic) bond motifs is 5. The van der Waals surface area contributed by atoms with Gasteiger partial charge in [0.1, 0.15) is 5.78 Å². The van der Waals surface area contributed by atoms with Gasteiger partial charge in [0.2, 0.25) is 0 Å². The van der Waals surface area contributed by atoms with Crippen molar-refractivity contribution in [2.75, 3.05) is 0 Å². The zero-order valence-electron chi connectivity index (χ0n) is 14.8. The van der Waals surface area contributed by atoms with E-state index in [9.17, 15) is 9.59 Å². The summed E-state index contributed by atoms with van der Waals surface area (Å²) in [5, 5.41) is 3.72. The van der Waals surface area contributed by atoms with Crippen LogP contribution in [0.2, 0.25) is 0 Å². The Morgan fingerprint density at radius 3 is 2.76 bits per heavy atom. The minimum Gasteiger partial charge on any atom is -0.299 e. The molecule has 0 unspecified atom stereocenters. The summed E-state index contributed by atoms with van der Waals surface area (Å²) in [5.41, 5.74) is 10.3. The molecular weight excluding hydrogens is 314 g/mol. The van der Waals surface area contributed by atoms with E-state index >= 15 is 0 Å². The van der Waals surface area contributed by atoms with E-state index in [0.717, 1.165) is 36.8 Å². The van der Waals surface area contributed by atoms with Crippen molar-refractivity contribution < 1.29 is 9.59 Å². The van der Waals surface area contributed by atoms with Gasteiger partial charge in [0, 0.05) is 22.2 Å². The zero-order valence-corrected chi connectivity index (χ0v) is 14.8. The highest BCUT2D eigenvalue weighted by molar-refractivity contribution is 6.06. The minimum atomic E-state index is -0.343. The first-order valence-corrected chi connectivity index (χ1v) is 9.08. The molecule has 0 heterocycles. The molecular formula is C20H23N3O2. The van der Waals surface area contributed by atoms with E-state index in [2.05, 4.69) is 30.5 Å². The van der Waals surface area contributed by atoms with Crippen LogP contribution >= 0.6 is 0 Å². The molecule has 0 aromatic rings. The number of azide groups is 1. The number of nitrogens with zero attached hydrogens (tertiary/aromatic N) is 3. The third-order valence-corrected chi connectivity index (χ3v) is 7.49. The summed E-state index contributed by atoms with van der Waals surface area (Å²) in [6.07, 6.45) is 7.84. The molecule has 4 rings (SSSR count). The van der Waals surface area contributed by atoms with Crippen molar-refractivity contribution in [1.29, 1.82) is 0 Å². The van der Waals surface area contributed by atoms with Crippen LogP contribution in [0, 0.1) is 28.6 Å². The van der Waals surface area contributed by atoms with E-state index in [1.165, 1.54) is 0 Å². The lowest BCUT2D eigenvalue weighted by molar-refractivity contribution is -0.131. The lowest BCUT2D eigenvalue weighted by atomic mass is 9.47. The highest BCUT2D eigenvalue weighted by Crippen LogP contribution is 2.64. The lowest BCUT2D eigenvalue weighted by Crippen LogP contribution is -2.50. The number of carbonyl (C=O) groups is 2. The number of carbonyl (C=O) groups excluding carboxylic acids is 2. The van der Waals surface area contributed by atoms with E-state index in [1.807, 2.05) is 6.08 Å². The summed E-state index contributed by atoms with van der Waals surface area (Å²) < 4.78 is 0. The first-order valence-electron chi connectivity index (χ1n) is 9.08. The second-order valence-electron chi connectivity index (χ2n) is 8.50. The van der Waals surface area contributed by atoms with Crippen LogP contribution in [0.4, 0.5) is 0 Å². The molecule has 5 nitrogen and oxygen atoms in total. The predicted molar refractivity (Wildman–Crippen MR) is 94.2 cm³/mol. The quantitative estimate of drug-likeness (QED) is 0.396. The van der Waals surface area contributed by atoms with Crippen LogP contribution in [0.1, 0.15) is 46.0 Å². The molecule has 5 heteroatoms. The summed E-state index contributed by atoms with van der Waals surface area (Å²) in [4.78, 5) is 27.6. The fourth-order valence-corrected chi connectivity index (χ4v) is 6.27. The molecule has 0 N–H and O–H groups in total. The van der Waals surface area contributed by atoms with Crippen molar-refractivity contribution in [2.24, 2.45) is 33.7 Å². The van der Waals surface area contributed by atoms with Crippen LogP contribution in [-0.2, 0) is 9.59 Å². The molecule has 0 saturated heterocycles. The smallest absolute Gasteiger partial charge is 0.188 e. The van der Waals surface area contributed by atoms with Crippen molar-refractivity contribution >= 4 is 11.6 Å². The Kier molecular flexibility index (Phi) is 3.39. The molecule has 0 radical (unpaired) electrons. The topological polar surface area (TPSA) is 82.9 Å². The summed E-state index contributed by atoms with van der Waals surface area (Å²) in [6.45, 7) is 8.53. The second-order valence-corrected chi connectivity index (χ2v) is 8.50. The number of Topliss-reactive ketones (excluding diaryl/α,β-unsaturated/α-hetero) is 1. The zero-order chi connectivity index (χ0) is 18.0. The van der Waals surface area contributed by atoms with E-state index in [-0.39, 0.29) is 22.3 Å². The minimum absolute atomic E-state index is 0.194. The largest absolute Gasteiger partial charge is 0.299 e. The highest BCUT2D eigenvalue weighted by atomic mass is 16.1. The number of allylic oxidation sites excluding steroid dienone is 4. The van der Waals surface area contributed by atoms with Gasteiger partial charge in [0.05, 0.1) is 5.70 Å². The van der Waals surface area contributed by atoms with Gasteiger partial charge in [0.25, 0.3) is 0 Å². The molecule has 5 atom stereocenters. The third-order valence-electron chi connectivity index (χ3n) is 7.49. The molecule has 0 spiro atoms. The Morgan fingerprint density at radius 2 is 2.04 bits per heavy atom. The highest BCUT2D eigenvalue weighted by Gasteiger charge is 2.59. The van der Waals surface area contributed by atoms with Gasteiger partial charge < -0.3 is 0 Å². The van der Waals surface area contributed by atoms with Crippen LogP contribution in [-0.4, -0.2) is 11.6 Å². The first-order chi connectivity index (χ1) is 11.8. The van der Waals surface area contributed by atoms with Crippen LogP contribution < -0.4 is 0 Å². The van der Waals surface area contributed by atoms with E-state index in [4.69, 9.17) is 5.53 Å². The van der Waals surface area contributed by atoms with Crippen LogP contribution in [0.25, 0.3) is 10.4 Å². The van der Waals surface area contributed by atoms with Gasteiger partial charge in [-0.15, -0.1) is 0 Å². The van der Waals surface area contributed by atoms with Crippen LogP contribution in [0.3, 0.4) is 0 Å². The Labute approximate surface area is 147 Å². The average molecular weight is 337 g/mol. The van der Waals surface area contributed by atoms with E-state index in [1.54, 1.807) is 6.08 Å². The monoisotopic (exact) mass is 337 g/mol. The molecule has 0 aromatic heterocycles. The molecule has 130 valence electrons. The summed E-state index contributed by atoms with van der Waals surface area (Å²) in [5.74, 6) is 1.32. The fraction of sp³-hybridized carbons (Fsp3) is 0.600. The lowest BCUT2D eigenvalue weighted by Gasteiger charge is -2.56. The van der Waals surface area contributed by atoms with Crippen molar-refractivity contribution in [1.82, 2.24) is 0 Å². The van der Waals surface area contributed by atoms with Crippen molar-refractivity contribution in [2.45, 2.75) is 46.0 Å². The molecule has 0 bridgehead atoms. The van der Waals surface area contributed by atoms with Crippen molar-refractivity contribution in [3.8, 4) is 0 Å². The maximum Gasteiger partial charge on any atom is 0.188 e. The SMILES string of the molecule is C=C1C[C@@H]2[C@H](CC[C@]3(C)C(=O)CC[C@@H]23)[C@@]2(C)C=CC(=O)C(N=[N+]=[N-])=C12. The van der Waals surface area contributed by atoms with Gasteiger partial charge in [-0.2, -0.15) is 0 Å². The summed E-state index contributed by atoms with van der Waals surface area (Å²) >= 11 is 0. The standard InChI is InChI=1S/C20H23N3O2/c1-11-10-12-13-4-5-16(25)19(13,2)8-6-14(12)20(3)9-7-15(24)18(17(11)20)22-23-21/h7,9,12-14H,1,4-6,8,10H2,2-3H3/t12-,13-,14-,19-,20+/m0/s1. The van der Waals surface area contributed by atoms with Gasteiger partial charge in [-0.05, 0) is 60.6 Å². The third kappa shape index (κ3) is 1.99. The Morgan fingerprint density at radius 1 is 1.28 bits per heavy atom. The molecule has 0 aromatic carbocycles. The van der Waals surface area contributed by atoms with Crippen molar-refractivity contribution in [3.05, 3.63) is 46.0 Å². The van der Waals surface area contributed by atoms with Crippen molar-refractivity contribution in [3.63, 3.8) is 0 Å². The second kappa shape index (κ2) is 5.18. The van der Waals surface area contributed by atoms with Gasteiger partial charge in [-0.3, -0.25) is 9.59 Å². The van der Waals surface area contributed by atoms with Gasteiger partial charge >= 0.3 is 0 Å². The fourth-order valence-electron chi connectivity index (χ4n) is 6.27. The molecule has 0 aliphatic heterocycles. The van der Waals surface area contributed by atoms with Gasteiger partial charge in [-0.25, -0.2) is 0 Å². The molecule has 25 heavy (non-hydrogen) atoms. The van der Waals surface area contributed by atoms with E-state index < -0.39 is 0 Å². The van der Waals surface area contributed by atoms with Gasteiger partial charge in [0.15, 0.2) is 5.78 Å². The first kappa shape index (κ1) is 16.3. The average Bonchev–Trinajstić information content (AvgIpc) is 2.87. The van der Waals surface area contributed by atoms with Gasteiger partial charge in [-0.1, -0.05) is 37.2 Å². The summed E-state index contributed by atoms with van der Waals surface area (Å²) in [6, 6.07) is 0.